The van der Waals surface area contributed by atoms with Crippen LogP contribution >= 0.6 is 0 Å². The van der Waals surface area contributed by atoms with Crippen molar-refractivity contribution in [3.8, 4) is 5.75 Å². The second kappa shape index (κ2) is 5.05. The molecule has 2 aromatic heterocycles. The second-order valence-electron chi connectivity index (χ2n) is 4.28. The van der Waals surface area contributed by atoms with E-state index in [1.54, 1.807) is 28.8 Å². The molecule has 0 bridgehead atoms. The highest BCUT2D eigenvalue weighted by molar-refractivity contribution is 5.86. The van der Waals surface area contributed by atoms with E-state index in [4.69, 9.17) is 9.84 Å². The van der Waals surface area contributed by atoms with Gasteiger partial charge in [0, 0.05) is 6.20 Å². The van der Waals surface area contributed by atoms with Crippen LogP contribution in [-0.2, 0) is 6.61 Å². The van der Waals surface area contributed by atoms with Crippen LogP contribution in [0.4, 0.5) is 0 Å². The van der Waals surface area contributed by atoms with Crippen LogP contribution in [0.1, 0.15) is 16.2 Å². The minimum absolute atomic E-state index is 0.181. The van der Waals surface area contributed by atoms with Gasteiger partial charge in [0.25, 0.3) is 0 Å². The lowest BCUT2D eigenvalue weighted by atomic mass is 10.3. The van der Waals surface area contributed by atoms with Gasteiger partial charge in [-0.15, -0.1) is 0 Å². The van der Waals surface area contributed by atoms with Gasteiger partial charge in [-0.1, -0.05) is 24.3 Å². The molecule has 0 amide bonds. The summed E-state index contributed by atoms with van der Waals surface area (Å²) in [6.45, 7) is 0.296. The Morgan fingerprint density at radius 1 is 1.15 bits per heavy atom. The molecule has 1 N–H and O–H groups in total. The Labute approximate surface area is 115 Å². The largest absolute Gasteiger partial charge is 0.487 e. The summed E-state index contributed by atoms with van der Waals surface area (Å²) < 4.78 is 7.15. The number of hydrogen-bond acceptors (Lipinski definition) is 3. The van der Waals surface area contributed by atoms with Crippen molar-refractivity contribution < 1.29 is 14.6 Å². The molecule has 0 aliphatic heterocycles. The first-order valence-corrected chi connectivity index (χ1v) is 6.12. The zero-order valence-electron chi connectivity index (χ0n) is 10.6. The molecular formula is C15H12N2O3. The first-order chi connectivity index (χ1) is 9.74. The lowest BCUT2D eigenvalue weighted by Gasteiger charge is -2.02. The van der Waals surface area contributed by atoms with Gasteiger partial charge in [0.1, 0.15) is 23.7 Å². The van der Waals surface area contributed by atoms with Crippen LogP contribution in [0.3, 0.4) is 0 Å². The Bertz CT molecular complexity index is 750. The molecule has 3 aromatic rings. The molecule has 5 nitrogen and oxygen atoms in total. The normalized spacial score (nSPS) is 10.6. The Balaban J connectivity index is 1.86. The molecule has 1 aromatic carbocycles. The molecule has 3 rings (SSSR count). The van der Waals surface area contributed by atoms with Crippen molar-refractivity contribution in [2.75, 3.05) is 0 Å². The number of aromatic carboxylic acids is 1. The fourth-order valence-electron chi connectivity index (χ4n) is 1.98. The van der Waals surface area contributed by atoms with E-state index >= 15 is 0 Å². The minimum Gasteiger partial charge on any atom is -0.487 e. The average molecular weight is 268 g/mol. The number of ether oxygens (including phenoxy) is 1. The van der Waals surface area contributed by atoms with E-state index < -0.39 is 5.97 Å². The zero-order chi connectivity index (χ0) is 13.9. The smallest absolute Gasteiger partial charge is 0.352 e. The van der Waals surface area contributed by atoms with Gasteiger partial charge in [0.2, 0.25) is 0 Å². The summed E-state index contributed by atoms with van der Waals surface area (Å²) >= 11 is 0. The molecule has 2 heterocycles. The van der Waals surface area contributed by atoms with Crippen molar-refractivity contribution in [1.82, 2.24) is 9.38 Å². The molecule has 0 atom stereocenters. The summed E-state index contributed by atoms with van der Waals surface area (Å²) in [6.07, 6.45) is 1.68. The topological polar surface area (TPSA) is 63.8 Å². The van der Waals surface area contributed by atoms with E-state index in [-0.39, 0.29) is 5.69 Å². The Morgan fingerprint density at radius 3 is 2.70 bits per heavy atom. The summed E-state index contributed by atoms with van der Waals surface area (Å²) in [7, 11) is 0. The molecule has 0 radical (unpaired) electrons. The molecule has 0 fully saturated rings. The van der Waals surface area contributed by atoms with Gasteiger partial charge in [0.05, 0.1) is 5.69 Å². The van der Waals surface area contributed by atoms with Gasteiger partial charge in [-0.25, -0.2) is 9.78 Å². The molecule has 0 saturated heterocycles. The highest BCUT2D eigenvalue weighted by Gasteiger charge is 2.10. The van der Waals surface area contributed by atoms with Crippen LogP contribution < -0.4 is 4.74 Å². The maximum Gasteiger partial charge on any atom is 0.352 e. The molecule has 0 spiro atoms. The number of para-hydroxylation sites is 1. The Kier molecular flexibility index (Phi) is 3.09. The summed E-state index contributed by atoms with van der Waals surface area (Å²) in [6, 6.07) is 14.4. The minimum atomic E-state index is -0.983. The highest BCUT2D eigenvalue weighted by atomic mass is 16.5. The van der Waals surface area contributed by atoms with E-state index in [0.29, 0.717) is 17.9 Å². The van der Waals surface area contributed by atoms with Crippen molar-refractivity contribution >= 4 is 11.6 Å². The van der Waals surface area contributed by atoms with Crippen molar-refractivity contribution in [1.29, 1.82) is 0 Å². The molecule has 20 heavy (non-hydrogen) atoms. The molecule has 5 heteroatoms. The SMILES string of the molecule is O=C(O)c1cccc2nc(COc3ccccc3)cn12. The lowest BCUT2D eigenvalue weighted by molar-refractivity contribution is 0.0689. The van der Waals surface area contributed by atoms with Crippen LogP contribution in [0.15, 0.2) is 54.7 Å². The number of nitrogens with zero attached hydrogens (tertiary/aromatic N) is 2. The van der Waals surface area contributed by atoms with Crippen LogP contribution in [0.2, 0.25) is 0 Å². The van der Waals surface area contributed by atoms with Gasteiger partial charge in [-0.05, 0) is 24.3 Å². The Morgan fingerprint density at radius 2 is 1.95 bits per heavy atom. The number of fused-ring (bicyclic) bond motifs is 1. The monoisotopic (exact) mass is 268 g/mol. The Hall–Kier alpha value is -2.82. The predicted octanol–water partition coefficient (Wildman–Crippen LogP) is 2.61. The summed E-state index contributed by atoms with van der Waals surface area (Å²) in [5.41, 5.74) is 1.46. The summed E-state index contributed by atoms with van der Waals surface area (Å²) in [4.78, 5) is 15.5. The van der Waals surface area contributed by atoms with Crippen molar-refractivity contribution in [3.63, 3.8) is 0 Å². The lowest BCUT2D eigenvalue weighted by Crippen LogP contribution is -2.03. The van der Waals surface area contributed by atoms with E-state index in [0.717, 1.165) is 5.75 Å². The molecule has 0 aliphatic rings. The predicted molar refractivity (Wildman–Crippen MR) is 72.9 cm³/mol. The van der Waals surface area contributed by atoms with Gasteiger partial charge < -0.3 is 9.84 Å². The first kappa shape index (κ1) is 12.2. The fraction of sp³-hybridized carbons (Fsp3) is 0.0667. The third kappa shape index (κ3) is 2.33. The average Bonchev–Trinajstić information content (AvgIpc) is 2.88. The van der Waals surface area contributed by atoms with Crippen LogP contribution in [0.25, 0.3) is 5.65 Å². The van der Waals surface area contributed by atoms with Crippen molar-refractivity contribution in [2.24, 2.45) is 0 Å². The van der Waals surface area contributed by atoms with Crippen molar-refractivity contribution in [2.45, 2.75) is 6.61 Å². The van der Waals surface area contributed by atoms with Crippen LogP contribution in [0.5, 0.6) is 5.75 Å². The number of carboxylic acid groups (broad SMARTS) is 1. The third-order valence-corrected chi connectivity index (χ3v) is 2.89. The third-order valence-electron chi connectivity index (χ3n) is 2.89. The standard InChI is InChI=1S/C15H12N2O3/c18-15(19)13-7-4-8-14-16-11(9-17(13)14)10-20-12-5-2-1-3-6-12/h1-9H,10H2,(H,18,19). The molecular weight excluding hydrogens is 256 g/mol. The maximum absolute atomic E-state index is 11.1. The highest BCUT2D eigenvalue weighted by Crippen LogP contribution is 2.13. The number of hydrogen-bond donors (Lipinski definition) is 1. The van der Waals surface area contributed by atoms with Gasteiger partial charge >= 0.3 is 5.97 Å². The number of aromatic nitrogens is 2. The second-order valence-corrected chi connectivity index (χ2v) is 4.28. The summed E-state index contributed by atoms with van der Waals surface area (Å²) in [5, 5.41) is 9.12. The van der Waals surface area contributed by atoms with E-state index in [2.05, 4.69) is 4.98 Å². The van der Waals surface area contributed by atoms with Crippen LogP contribution in [0, 0.1) is 0 Å². The maximum atomic E-state index is 11.1. The number of carboxylic acids is 1. The molecule has 0 aliphatic carbocycles. The number of rotatable bonds is 4. The van der Waals surface area contributed by atoms with Crippen LogP contribution in [-0.4, -0.2) is 20.5 Å². The van der Waals surface area contributed by atoms with Gasteiger partial charge in [-0.2, -0.15) is 0 Å². The zero-order valence-corrected chi connectivity index (χ0v) is 10.6. The quantitative estimate of drug-likeness (QED) is 0.790. The van der Waals surface area contributed by atoms with Gasteiger partial charge in [-0.3, -0.25) is 4.40 Å². The molecule has 0 unspecified atom stereocenters. The molecule has 0 saturated carbocycles. The van der Waals surface area contributed by atoms with E-state index in [1.807, 2.05) is 30.3 Å². The number of benzene rings is 1. The first-order valence-electron chi connectivity index (χ1n) is 6.12. The molecule has 100 valence electrons. The van der Waals surface area contributed by atoms with Gasteiger partial charge in [0.15, 0.2) is 0 Å². The number of imidazole rings is 1. The van der Waals surface area contributed by atoms with E-state index in [1.165, 1.54) is 0 Å². The number of carbonyl (C=O) groups is 1. The summed E-state index contributed by atoms with van der Waals surface area (Å²) in [5.74, 6) is -0.230. The number of pyridine rings is 1. The van der Waals surface area contributed by atoms with Crippen molar-refractivity contribution in [3.05, 3.63) is 66.1 Å². The van der Waals surface area contributed by atoms with E-state index in [9.17, 15) is 4.79 Å². The fourth-order valence-corrected chi connectivity index (χ4v) is 1.98.